The standard InChI is InChI=1S/C10H12ClFN2O/c1-6(13-2)10(15)14-9-4-3-7(12)5-8(9)11/h3-6,13H,1-2H3,(H,14,15). The Balaban J connectivity index is 2.77. The Morgan fingerprint density at radius 2 is 2.20 bits per heavy atom. The molecule has 0 radical (unpaired) electrons. The highest BCUT2D eigenvalue weighted by Gasteiger charge is 2.11. The van der Waals surface area contributed by atoms with Gasteiger partial charge in [-0.25, -0.2) is 4.39 Å². The zero-order chi connectivity index (χ0) is 11.4. The molecule has 0 aromatic heterocycles. The third-order valence-electron chi connectivity index (χ3n) is 2.02. The third kappa shape index (κ3) is 3.18. The van der Waals surface area contributed by atoms with Gasteiger partial charge in [0, 0.05) is 0 Å². The SMILES string of the molecule is CNC(C)C(=O)Nc1ccc(F)cc1Cl. The molecule has 0 bridgehead atoms. The molecule has 2 N–H and O–H groups in total. The van der Waals surface area contributed by atoms with Crippen molar-refractivity contribution < 1.29 is 9.18 Å². The first kappa shape index (κ1) is 11.9. The van der Waals surface area contributed by atoms with Gasteiger partial charge in [-0.1, -0.05) is 11.6 Å². The minimum atomic E-state index is -0.431. The van der Waals surface area contributed by atoms with Crippen LogP contribution in [-0.2, 0) is 4.79 Å². The number of amides is 1. The molecular formula is C10H12ClFN2O. The minimum Gasteiger partial charge on any atom is -0.323 e. The Hall–Kier alpha value is -1.13. The van der Waals surface area contributed by atoms with E-state index < -0.39 is 5.82 Å². The maximum atomic E-state index is 12.7. The molecule has 1 aromatic carbocycles. The van der Waals surface area contributed by atoms with Crippen molar-refractivity contribution in [3.8, 4) is 0 Å². The van der Waals surface area contributed by atoms with Crippen LogP contribution in [-0.4, -0.2) is 19.0 Å². The van der Waals surface area contributed by atoms with Gasteiger partial charge in [-0.15, -0.1) is 0 Å². The Labute approximate surface area is 92.6 Å². The van der Waals surface area contributed by atoms with E-state index in [1.807, 2.05) is 0 Å². The fourth-order valence-electron chi connectivity index (χ4n) is 0.963. The predicted molar refractivity (Wildman–Crippen MR) is 58.6 cm³/mol. The van der Waals surface area contributed by atoms with Crippen molar-refractivity contribution in [2.45, 2.75) is 13.0 Å². The van der Waals surface area contributed by atoms with Gasteiger partial charge < -0.3 is 10.6 Å². The second-order valence-corrected chi connectivity index (χ2v) is 3.53. The van der Waals surface area contributed by atoms with Crippen molar-refractivity contribution in [3.05, 3.63) is 29.0 Å². The molecule has 0 fully saturated rings. The Morgan fingerprint density at radius 3 is 2.73 bits per heavy atom. The molecule has 1 unspecified atom stereocenters. The smallest absolute Gasteiger partial charge is 0.241 e. The van der Waals surface area contributed by atoms with E-state index >= 15 is 0 Å². The van der Waals surface area contributed by atoms with E-state index in [1.165, 1.54) is 12.1 Å². The van der Waals surface area contributed by atoms with Crippen LogP contribution in [0.1, 0.15) is 6.92 Å². The van der Waals surface area contributed by atoms with E-state index in [-0.39, 0.29) is 17.0 Å². The lowest BCUT2D eigenvalue weighted by Gasteiger charge is -2.11. The summed E-state index contributed by atoms with van der Waals surface area (Å²) in [6.45, 7) is 1.72. The van der Waals surface area contributed by atoms with Crippen molar-refractivity contribution >= 4 is 23.2 Å². The summed E-state index contributed by atoms with van der Waals surface area (Å²) in [6, 6.07) is 3.50. The third-order valence-corrected chi connectivity index (χ3v) is 2.33. The van der Waals surface area contributed by atoms with Crippen molar-refractivity contribution in [1.29, 1.82) is 0 Å². The summed E-state index contributed by atoms with van der Waals surface area (Å²) in [5, 5.41) is 5.56. The lowest BCUT2D eigenvalue weighted by molar-refractivity contribution is -0.117. The molecule has 0 aliphatic rings. The van der Waals surface area contributed by atoms with Crippen molar-refractivity contribution in [2.24, 2.45) is 0 Å². The van der Waals surface area contributed by atoms with Crippen LogP contribution >= 0.6 is 11.6 Å². The summed E-state index contributed by atoms with van der Waals surface area (Å²) in [6.07, 6.45) is 0. The number of carbonyl (C=O) groups is 1. The zero-order valence-corrected chi connectivity index (χ0v) is 9.23. The summed E-state index contributed by atoms with van der Waals surface area (Å²) in [7, 11) is 1.68. The molecule has 15 heavy (non-hydrogen) atoms. The highest BCUT2D eigenvalue weighted by atomic mass is 35.5. The van der Waals surface area contributed by atoms with E-state index in [4.69, 9.17) is 11.6 Å². The Morgan fingerprint density at radius 1 is 1.53 bits per heavy atom. The van der Waals surface area contributed by atoms with Crippen LogP contribution in [0, 0.1) is 5.82 Å². The second kappa shape index (κ2) is 5.09. The number of hydrogen-bond acceptors (Lipinski definition) is 2. The molecule has 0 aliphatic carbocycles. The number of carbonyl (C=O) groups excluding carboxylic acids is 1. The maximum Gasteiger partial charge on any atom is 0.241 e. The molecule has 3 nitrogen and oxygen atoms in total. The number of hydrogen-bond donors (Lipinski definition) is 2. The number of likely N-dealkylation sites (N-methyl/N-ethyl adjacent to an activating group) is 1. The molecule has 0 spiro atoms. The van der Waals surface area contributed by atoms with E-state index in [2.05, 4.69) is 10.6 Å². The number of rotatable bonds is 3. The molecule has 1 atom stereocenters. The zero-order valence-electron chi connectivity index (χ0n) is 8.47. The normalized spacial score (nSPS) is 12.3. The average Bonchev–Trinajstić information content (AvgIpc) is 2.20. The molecule has 0 aliphatic heterocycles. The van der Waals surface area contributed by atoms with Gasteiger partial charge in [0.15, 0.2) is 0 Å². The Bertz CT molecular complexity index is 370. The van der Waals surface area contributed by atoms with Crippen LogP contribution in [0.15, 0.2) is 18.2 Å². The van der Waals surface area contributed by atoms with E-state index in [9.17, 15) is 9.18 Å². The van der Waals surface area contributed by atoms with Gasteiger partial charge in [-0.05, 0) is 32.2 Å². The lowest BCUT2D eigenvalue weighted by Crippen LogP contribution is -2.35. The van der Waals surface area contributed by atoms with E-state index in [1.54, 1.807) is 14.0 Å². The van der Waals surface area contributed by atoms with Gasteiger partial charge in [0.25, 0.3) is 0 Å². The summed E-state index contributed by atoms with van der Waals surface area (Å²) in [4.78, 5) is 11.5. The highest BCUT2D eigenvalue weighted by Crippen LogP contribution is 2.22. The van der Waals surface area contributed by atoms with Crippen LogP contribution in [0.25, 0.3) is 0 Å². The van der Waals surface area contributed by atoms with Crippen molar-refractivity contribution in [3.63, 3.8) is 0 Å². The minimum absolute atomic E-state index is 0.187. The van der Waals surface area contributed by atoms with E-state index in [0.717, 1.165) is 6.07 Å². The monoisotopic (exact) mass is 230 g/mol. The van der Waals surface area contributed by atoms with Gasteiger partial charge in [-0.3, -0.25) is 4.79 Å². The maximum absolute atomic E-state index is 12.7. The molecule has 0 saturated carbocycles. The number of benzene rings is 1. The topological polar surface area (TPSA) is 41.1 Å². The summed E-state index contributed by atoms with van der Waals surface area (Å²) >= 11 is 5.75. The van der Waals surface area contributed by atoms with Gasteiger partial charge >= 0.3 is 0 Å². The molecule has 0 heterocycles. The molecule has 1 amide bonds. The number of nitrogens with one attached hydrogen (secondary N) is 2. The molecule has 1 aromatic rings. The molecule has 0 saturated heterocycles. The first-order valence-electron chi connectivity index (χ1n) is 4.47. The van der Waals surface area contributed by atoms with E-state index in [0.29, 0.717) is 5.69 Å². The second-order valence-electron chi connectivity index (χ2n) is 3.12. The largest absolute Gasteiger partial charge is 0.323 e. The van der Waals surface area contributed by atoms with Crippen LogP contribution < -0.4 is 10.6 Å². The first-order valence-corrected chi connectivity index (χ1v) is 4.85. The Kier molecular flexibility index (Phi) is 4.05. The van der Waals surface area contributed by atoms with Crippen molar-refractivity contribution in [1.82, 2.24) is 5.32 Å². The fourth-order valence-corrected chi connectivity index (χ4v) is 1.18. The molecule has 1 rings (SSSR count). The quantitative estimate of drug-likeness (QED) is 0.834. The van der Waals surface area contributed by atoms with Crippen molar-refractivity contribution in [2.75, 3.05) is 12.4 Å². The summed E-state index contributed by atoms with van der Waals surface area (Å²) < 4.78 is 12.7. The lowest BCUT2D eigenvalue weighted by atomic mass is 10.2. The van der Waals surface area contributed by atoms with Crippen LogP contribution in [0.3, 0.4) is 0 Å². The van der Waals surface area contributed by atoms with Gasteiger partial charge in [-0.2, -0.15) is 0 Å². The number of halogens is 2. The summed E-state index contributed by atoms with van der Waals surface area (Å²) in [5.74, 6) is -0.648. The van der Waals surface area contributed by atoms with Crippen LogP contribution in [0.5, 0.6) is 0 Å². The predicted octanol–water partition coefficient (Wildman–Crippen LogP) is 2.03. The molecular weight excluding hydrogens is 219 g/mol. The van der Waals surface area contributed by atoms with Crippen LogP contribution in [0.4, 0.5) is 10.1 Å². The molecule has 82 valence electrons. The van der Waals surface area contributed by atoms with Gasteiger partial charge in [0.2, 0.25) is 5.91 Å². The van der Waals surface area contributed by atoms with Crippen LogP contribution in [0.2, 0.25) is 5.02 Å². The fraction of sp³-hybridized carbons (Fsp3) is 0.300. The van der Waals surface area contributed by atoms with Gasteiger partial charge in [0.1, 0.15) is 5.82 Å². The molecule has 5 heteroatoms. The number of anilines is 1. The van der Waals surface area contributed by atoms with Gasteiger partial charge in [0.05, 0.1) is 16.8 Å². The summed E-state index contributed by atoms with van der Waals surface area (Å²) in [5.41, 5.74) is 0.408. The average molecular weight is 231 g/mol. The highest BCUT2D eigenvalue weighted by molar-refractivity contribution is 6.33. The first-order chi connectivity index (χ1) is 7.04.